The van der Waals surface area contributed by atoms with E-state index >= 15 is 0 Å². The second kappa shape index (κ2) is 6.87. The van der Waals surface area contributed by atoms with E-state index in [1.54, 1.807) is 11.5 Å². The van der Waals surface area contributed by atoms with Crippen LogP contribution >= 0.6 is 23.9 Å². The van der Waals surface area contributed by atoms with Crippen molar-refractivity contribution in [2.75, 3.05) is 6.54 Å². The van der Waals surface area contributed by atoms with Gasteiger partial charge in [0, 0.05) is 12.6 Å². The first-order valence-corrected chi connectivity index (χ1v) is 8.50. The summed E-state index contributed by atoms with van der Waals surface area (Å²) in [7, 11) is 0. The molecule has 1 N–H and O–H groups in total. The third-order valence-corrected chi connectivity index (χ3v) is 5.51. The fraction of sp³-hybridized carbons (Fsp3) is 0.278. The summed E-state index contributed by atoms with van der Waals surface area (Å²) in [6, 6.07) is 16.8. The largest absolute Gasteiger partial charge is 0.310 e. The molecule has 0 spiro atoms. The molecular formula is C18H19ClN2OS. The molecule has 2 aromatic carbocycles. The van der Waals surface area contributed by atoms with Gasteiger partial charge in [0.25, 0.3) is 5.56 Å². The van der Waals surface area contributed by atoms with Crippen LogP contribution in [0.3, 0.4) is 0 Å². The summed E-state index contributed by atoms with van der Waals surface area (Å²) in [4.78, 5) is 12.4. The molecule has 0 aliphatic carbocycles. The third kappa shape index (κ3) is 3.07. The van der Waals surface area contributed by atoms with Gasteiger partial charge in [-0.1, -0.05) is 47.9 Å². The topological polar surface area (TPSA) is 34.0 Å². The lowest BCUT2D eigenvalue weighted by atomic mass is 9.92. The molecule has 120 valence electrons. The van der Waals surface area contributed by atoms with Gasteiger partial charge in [0.2, 0.25) is 0 Å². The molecule has 0 saturated heterocycles. The molecule has 4 rings (SSSR count). The Labute approximate surface area is 145 Å². The number of benzene rings is 2. The fourth-order valence-electron chi connectivity index (χ4n) is 3.26. The zero-order valence-corrected chi connectivity index (χ0v) is 14.3. The van der Waals surface area contributed by atoms with E-state index in [0.717, 1.165) is 36.0 Å². The fourth-order valence-corrected chi connectivity index (χ4v) is 4.27. The zero-order chi connectivity index (χ0) is 14.9. The molecule has 0 radical (unpaired) electrons. The van der Waals surface area contributed by atoms with Crippen LogP contribution in [0.4, 0.5) is 0 Å². The molecule has 0 amide bonds. The molecule has 5 heteroatoms. The van der Waals surface area contributed by atoms with E-state index in [1.165, 1.54) is 11.1 Å². The van der Waals surface area contributed by atoms with Gasteiger partial charge in [-0.05, 0) is 42.6 Å². The maximum absolute atomic E-state index is 12.4. The first-order chi connectivity index (χ1) is 10.8. The van der Waals surface area contributed by atoms with Gasteiger partial charge in [-0.15, -0.1) is 12.4 Å². The lowest BCUT2D eigenvalue weighted by Gasteiger charge is -2.26. The Morgan fingerprint density at radius 3 is 2.78 bits per heavy atom. The second-order valence-corrected chi connectivity index (χ2v) is 6.80. The molecule has 3 aromatic rings. The molecule has 0 saturated carbocycles. The van der Waals surface area contributed by atoms with Crippen molar-refractivity contribution in [2.45, 2.75) is 25.4 Å². The highest BCUT2D eigenvalue weighted by Crippen LogP contribution is 2.26. The summed E-state index contributed by atoms with van der Waals surface area (Å²) in [5.74, 6) is 0. The lowest BCUT2D eigenvalue weighted by Crippen LogP contribution is -2.31. The van der Waals surface area contributed by atoms with Crippen molar-refractivity contribution in [1.82, 2.24) is 9.27 Å². The Balaban J connectivity index is 0.00000156. The normalized spacial score (nSPS) is 16.8. The molecule has 1 aromatic heterocycles. The van der Waals surface area contributed by atoms with E-state index in [2.05, 4.69) is 29.6 Å². The van der Waals surface area contributed by atoms with E-state index in [-0.39, 0.29) is 18.0 Å². The van der Waals surface area contributed by atoms with Crippen molar-refractivity contribution in [1.29, 1.82) is 0 Å². The highest BCUT2D eigenvalue weighted by Gasteiger charge is 2.19. The highest BCUT2D eigenvalue weighted by molar-refractivity contribution is 7.13. The maximum atomic E-state index is 12.4. The maximum Gasteiger partial charge on any atom is 0.268 e. The van der Waals surface area contributed by atoms with Gasteiger partial charge in [0.1, 0.15) is 0 Å². The van der Waals surface area contributed by atoms with E-state index < -0.39 is 0 Å². The molecule has 3 nitrogen and oxygen atoms in total. The van der Waals surface area contributed by atoms with Gasteiger partial charge in [-0.25, -0.2) is 0 Å². The summed E-state index contributed by atoms with van der Waals surface area (Å²) >= 11 is 1.57. The number of nitrogens with zero attached hydrogens (tertiary/aromatic N) is 1. The molecule has 1 aliphatic rings. The van der Waals surface area contributed by atoms with E-state index in [1.807, 2.05) is 28.2 Å². The average Bonchev–Trinajstić information content (AvgIpc) is 2.89. The molecule has 1 atom stereocenters. The Morgan fingerprint density at radius 1 is 1.13 bits per heavy atom. The van der Waals surface area contributed by atoms with Crippen LogP contribution in [0.1, 0.15) is 23.6 Å². The monoisotopic (exact) mass is 346 g/mol. The molecule has 23 heavy (non-hydrogen) atoms. The number of hydrogen-bond donors (Lipinski definition) is 1. The van der Waals surface area contributed by atoms with Gasteiger partial charge >= 0.3 is 0 Å². The number of fused-ring (bicyclic) bond motifs is 2. The summed E-state index contributed by atoms with van der Waals surface area (Å²) in [6.07, 6.45) is 2.04. The summed E-state index contributed by atoms with van der Waals surface area (Å²) in [6.45, 7) is 1.78. The van der Waals surface area contributed by atoms with Crippen LogP contribution in [0.25, 0.3) is 10.1 Å². The standard InChI is InChI=1S/C18H18N2OS.ClH/c21-18-15-7-3-4-8-17(15)22-20(18)12-10-16-14-6-2-1-5-13(14)9-11-19-16;/h1-8,16,19H,9-12H2;1H. The minimum atomic E-state index is 0. The first-order valence-electron chi connectivity index (χ1n) is 7.73. The van der Waals surface area contributed by atoms with E-state index in [0.29, 0.717) is 6.04 Å². The molecular weight excluding hydrogens is 328 g/mol. The van der Waals surface area contributed by atoms with Crippen LogP contribution in [0.5, 0.6) is 0 Å². The van der Waals surface area contributed by atoms with E-state index in [9.17, 15) is 4.79 Å². The zero-order valence-electron chi connectivity index (χ0n) is 12.7. The Morgan fingerprint density at radius 2 is 1.91 bits per heavy atom. The van der Waals surface area contributed by atoms with Crippen LogP contribution in [-0.4, -0.2) is 10.5 Å². The van der Waals surface area contributed by atoms with Gasteiger partial charge in [-0.3, -0.25) is 8.75 Å². The van der Waals surface area contributed by atoms with Crippen molar-refractivity contribution in [3.05, 3.63) is 70.0 Å². The molecule has 0 fully saturated rings. The third-order valence-electron chi connectivity index (χ3n) is 4.39. The Hall–Kier alpha value is -1.62. The average molecular weight is 347 g/mol. The predicted molar refractivity (Wildman–Crippen MR) is 98.8 cm³/mol. The van der Waals surface area contributed by atoms with Crippen LogP contribution in [0, 0.1) is 0 Å². The van der Waals surface area contributed by atoms with E-state index in [4.69, 9.17) is 0 Å². The highest BCUT2D eigenvalue weighted by atomic mass is 35.5. The van der Waals surface area contributed by atoms with Gasteiger partial charge < -0.3 is 5.32 Å². The number of aryl methyl sites for hydroxylation is 1. The lowest BCUT2D eigenvalue weighted by molar-refractivity contribution is 0.450. The van der Waals surface area contributed by atoms with Crippen LogP contribution in [-0.2, 0) is 13.0 Å². The minimum absolute atomic E-state index is 0. The van der Waals surface area contributed by atoms with Crippen LogP contribution in [0.15, 0.2) is 53.3 Å². The van der Waals surface area contributed by atoms with Crippen molar-refractivity contribution in [3.8, 4) is 0 Å². The molecule has 1 unspecified atom stereocenters. The van der Waals surface area contributed by atoms with Crippen molar-refractivity contribution in [3.63, 3.8) is 0 Å². The van der Waals surface area contributed by atoms with Crippen molar-refractivity contribution < 1.29 is 0 Å². The summed E-state index contributed by atoms with van der Waals surface area (Å²) in [5, 5.41) is 4.43. The molecule has 1 aliphatic heterocycles. The molecule has 2 heterocycles. The molecule has 0 bridgehead atoms. The smallest absolute Gasteiger partial charge is 0.268 e. The van der Waals surface area contributed by atoms with Crippen molar-refractivity contribution in [2.24, 2.45) is 0 Å². The number of rotatable bonds is 3. The summed E-state index contributed by atoms with van der Waals surface area (Å²) in [5.41, 5.74) is 2.97. The van der Waals surface area contributed by atoms with Gasteiger partial charge in [0.15, 0.2) is 0 Å². The van der Waals surface area contributed by atoms with Gasteiger partial charge in [-0.2, -0.15) is 0 Å². The Bertz CT molecular complexity index is 871. The second-order valence-electron chi connectivity index (χ2n) is 5.74. The number of halogens is 1. The Kier molecular flexibility index (Phi) is 4.85. The predicted octanol–water partition coefficient (Wildman–Crippen LogP) is 3.76. The number of aromatic nitrogens is 1. The van der Waals surface area contributed by atoms with Crippen LogP contribution < -0.4 is 10.9 Å². The van der Waals surface area contributed by atoms with Crippen LogP contribution in [0.2, 0.25) is 0 Å². The SMILES string of the molecule is Cl.O=c1c2ccccc2sn1CCC1NCCc2ccccc21. The quantitative estimate of drug-likeness (QED) is 0.783. The minimum Gasteiger partial charge on any atom is -0.310 e. The van der Waals surface area contributed by atoms with Crippen molar-refractivity contribution >= 4 is 34.0 Å². The van der Waals surface area contributed by atoms with Gasteiger partial charge in [0.05, 0.1) is 10.1 Å². The summed E-state index contributed by atoms with van der Waals surface area (Å²) < 4.78 is 2.97. The first kappa shape index (κ1) is 16.2. The number of hydrogen-bond acceptors (Lipinski definition) is 3. The number of nitrogens with one attached hydrogen (secondary N) is 1.